The summed E-state index contributed by atoms with van der Waals surface area (Å²) < 4.78 is 0. The van der Waals surface area contributed by atoms with Crippen LogP contribution < -0.4 is 0 Å². The molecule has 0 spiro atoms. The summed E-state index contributed by atoms with van der Waals surface area (Å²) in [6, 6.07) is -0.0136. The number of amides is 1. The molecule has 1 aliphatic heterocycles. The summed E-state index contributed by atoms with van der Waals surface area (Å²) >= 11 is 1.77. The topological polar surface area (TPSA) is 60.9 Å². The molecule has 0 aromatic carbocycles. The van der Waals surface area contributed by atoms with Crippen molar-refractivity contribution in [3.63, 3.8) is 0 Å². The number of hydrogen-bond donors (Lipinski definition) is 1. The first-order valence-corrected chi connectivity index (χ1v) is 8.55. The molecule has 20 heavy (non-hydrogen) atoms. The van der Waals surface area contributed by atoms with Crippen LogP contribution >= 0.6 is 11.8 Å². The summed E-state index contributed by atoms with van der Waals surface area (Å²) in [7, 11) is 0. The molecule has 1 N–H and O–H groups in total. The third-order valence-corrected chi connectivity index (χ3v) is 4.53. The standard InChI is InChI=1S/C14H26N2O3S/c1-3-5-15(6-4-2)13(17)10-16-7-8-20-11-12(16)9-14(18)19/h12H,3-11H2,1-2H3,(H,18,19). The van der Waals surface area contributed by atoms with Gasteiger partial charge in [0.2, 0.25) is 5.91 Å². The van der Waals surface area contributed by atoms with Crippen molar-refractivity contribution >= 4 is 23.6 Å². The molecule has 0 aromatic rings. The van der Waals surface area contributed by atoms with Crippen molar-refractivity contribution in [2.75, 3.05) is 37.7 Å². The van der Waals surface area contributed by atoms with Gasteiger partial charge in [-0.05, 0) is 12.8 Å². The number of hydrogen-bond acceptors (Lipinski definition) is 4. The van der Waals surface area contributed by atoms with E-state index < -0.39 is 5.97 Å². The number of carboxylic acid groups (broad SMARTS) is 1. The summed E-state index contributed by atoms with van der Waals surface area (Å²) in [5.74, 6) is 1.14. The first-order chi connectivity index (χ1) is 9.58. The van der Waals surface area contributed by atoms with Crippen molar-refractivity contribution in [3.8, 4) is 0 Å². The molecule has 0 saturated carbocycles. The highest BCUT2D eigenvalue weighted by Gasteiger charge is 2.27. The van der Waals surface area contributed by atoms with Crippen LogP contribution in [0.1, 0.15) is 33.1 Å². The predicted octanol–water partition coefficient (Wildman–Crippen LogP) is 1.53. The Kier molecular flexibility index (Phi) is 7.99. The number of carbonyl (C=O) groups is 2. The average molecular weight is 302 g/mol. The van der Waals surface area contributed by atoms with Crippen molar-refractivity contribution in [2.24, 2.45) is 0 Å². The van der Waals surface area contributed by atoms with Gasteiger partial charge in [-0.15, -0.1) is 0 Å². The van der Waals surface area contributed by atoms with E-state index in [4.69, 9.17) is 5.11 Å². The van der Waals surface area contributed by atoms with Gasteiger partial charge in [-0.3, -0.25) is 14.5 Å². The van der Waals surface area contributed by atoms with Gasteiger partial charge >= 0.3 is 5.97 Å². The van der Waals surface area contributed by atoms with Crippen LogP contribution in [0.5, 0.6) is 0 Å². The molecule has 1 atom stereocenters. The zero-order valence-electron chi connectivity index (χ0n) is 12.5. The highest BCUT2D eigenvalue weighted by Crippen LogP contribution is 2.19. The van der Waals surface area contributed by atoms with Crippen molar-refractivity contribution in [2.45, 2.75) is 39.2 Å². The van der Waals surface area contributed by atoms with Crippen molar-refractivity contribution in [1.82, 2.24) is 9.80 Å². The van der Waals surface area contributed by atoms with Gasteiger partial charge in [0.05, 0.1) is 13.0 Å². The van der Waals surface area contributed by atoms with Crippen molar-refractivity contribution < 1.29 is 14.7 Å². The fraction of sp³-hybridized carbons (Fsp3) is 0.857. The molecule has 0 radical (unpaired) electrons. The number of carboxylic acids is 1. The molecular formula is C14H26N2O3S. The van der Waals surface area contributed by atoms with Crippen LogP contribution in [-0.4, -0.2) is 70.5 Å². The molecule has 5 nitrogen and oxygen atoms in total. The molecule has 1 heterocycles. The molecule has 1 saturated heterocycles. The maximum absolute atomic E-state index is 12.4. The maximum atomic E-state index is 12.4. The lowest BCUT2D eigenvalue weighted by Gasteiger charge is -2.35. The van der Waals surface area contributed by atoms with Gasteiger partial charge in [0.15, 0.2) is 0 Å². The minimum atomic E-state index is -0.783. The Bertz CT molecular complexity index is 320. The molecule has 6 heteroatoms. The Morgan fingerprint density at radius 2 is 1.95 bits per heavy atom. The van der Waals surface area contributed by atoms with E-state index in [1.807, 2.05) is 9.80 Å². The fourth-order valence-corrected chi connectivity index (χ4v) is 3.59. The monoisotopic (exact) mass is 302 g/mol. The van der Waals surface area contributed by atoms with Crippen LogP contribution in [0.25, 0.3) is 0 Å². The molecule has 1 amide bonds. The van der Waals surface area contributed by atoms with E-state index in [1.54, 1.807) is 11.8 Å². The Morgan fingerprint density at radius 3 is 2.50 bits per heavy atom. The minimum absolute atomic E-state index is 0.0136. The molecule has 0 aromatic heterocycles. The normalized spacial score (nSPS) is 19.8. The van der Waals surface area contributed by atoms with Gasteiger partial charge in [-0.25, -0.2) is 0 Å². The lowest BCUT2D eigenvalue weighted by molar-refractivity contribution is -0.140. The zero-order valence-corrected chi connectivity index (χ0v) is 13.3. The van der Waals surface area contributed by atoms with E-state index in [0.29, 0.717) is 6.54 Å². The summed E-state index contributed by atoms with van der Waals surface area (Å²) in [6.07, 6.45) is 2.04. The Morgan fingerprint density at radius 1 is 1.30 bits per heavy atom. The molecule has 1 fully saturated rings. The van der Waals surface area contributed by atoms with Crippen LogP contribution in [0.2, 0.25) is 0 Å². The largest absolute Gasteiger partial charge is 0.481 e. The lowest BCUT2D eigenvalue weighted by atomic mass is 10.2. The zero-order chi connectivity index (χ0) is 15.0. The Balaban J connectivity index is 2.57. The van der Waals surface area contributed by atoms with Crippen LogP contribution in [0.4, 0.5) is 0 Å². The van der Waals surface area contributed by atoms with Crippen LogP contribution in [0, 0.1) is 0 Å². The van der Waals surface area contributed by atoms with Gasteiger partial charge in [0, 0.05) is 37.2 Å². The van der Waals surface area contributed by atoms with Gasteiger partial charge in [-0.2, -0.15) is 11.8 Å². The number of carbonyl (C=O) groups excluding carboxylic acids is 1. The van der Waals surface area contributed by atoms with Crippen molar-refractivity contribution in [1.29, 1.82) is 0 Å². The Hall–Kier alpha value is -0.750. The van der Waals surface area contributed by atoms with Crippen molar-refractivity contribution in [3.05, 3.63) is 0 Å². The minimum Gasteiger partial charge on any atom is -0.481 e. The number of rotatable bonds is 8. The summed E-state index contributed by atoms with van der Waals surface area (Å²) in [5, 5.41) is 8.96. The van der Waals surface area contributed by atoms with Gasteiger partial charge in [0.25, 0.3) is 0 Å². The smallest absolute Gasteiger partial charge is 0.304 e. The highest BCUT2D eigenvalue weighted by molar-refractivity contribution is 7.99. The van der Waals surface area contributed by atoms with E-state index in [9.17, 15) is 9.59 Å². The van der Waals surface area contributed by atoms with E-state index in [1.165, 1.54) is 0 Å². The molecule has 0 bridgehead atoms. The maximum Gasteiger partial charge on any atom is 0.304 e. The average Bonchev–Trinajstić information content (AvgIpc) is 2.40. The highest BCUT2D eigenvalue weighted by atomic mass is 32.2. The number of nitrogens with zero attached hydrogens (tertiary/aromatic N) is 2. The van der Waals surface area contributed by atoms with Crippen LogP contribution in [-0.2, 0) is 9.59 Å². The quantitative estimate of drug-likeness (QED) is 0.737. The van der Waals surface area contributed by atoms with E-state index >= 15 is 0 Å². The lowest BCUT2D eigenvalue weighted by Crippen LogP contribution is -2.49. The SMILES string of the molecule is CCCN(CCC)C(=O)CN1CCSCC1CC(=O)O. The molecule has 1 unspecified atom stereocenters. The number of thioether (sulfide) groups is 1. The molecule has 116 valence electrons. The summed E-state index contributed by atoms with van der Waals surface area (Å²) in [5.41, 5.74) is 0. The third-order valence-electron chi connectivity index (χ3n) is 3.44. The van der Waals surface area contributed by atoms with Gasteiger partial charge < -0.3 is 10.0 Å². The summed E-state index contributed by atoms with van der Waals surface area (Å²) in [4.78, 5) is 27.2. The van der Waals surface area contributed by atoms with Gasteiger partial charge in [0.1, 0.15) is 0 Å². The molecule has 1 rings (SSSR count). The Labute approximate surface area is 125 Å². The van der Waals surface area contributed by atoms with E-state index in [0.717, 1.165) is 44.0 Å². The second kappa shape index (κ2) is 9.23. The third kappa shape index (κ3) is 5.71. The van der Waals surface area contributed by atoms with E-state index in [-0.39, 0.29) is 18.4 Å². The second-order valence-corrected chi connectivity index (χ2v) is 6.33. The molecular weight excluding hydrogens is 276 g/mol. The number of aliphatic carboxylic acids is 1. The second-order valence-electron chi connectivity index (χ2n) is 5.18. The summed E-state index contributed by atoms with van der Waals surface area (Å²) in [6.45, 7) is 6.89. The predicted molar refractivity (Wildman–Crippen MR) is 82.1 cm³/mol. The fourth-order valence-electron chi connectivity index (χ4n) is 2.46. The molecule has 1 aliphatic rings. The van der Waals surface area contributed by atoms with E-state index in [2.05, 4.69) is 13.8 Å². The first kappa shape index (κ1) is 17.3. The molecule has 0 aliphatic carbocycles. The first-order valence-electron chi connectivity index (χ1n) is 7.39. The van der Waals surface area contributed by atoms with Crippen LogP contribution in [0.15, 0.2) is 0 Å². The van der Waals surface area contributed by atoms with Crippen LogP contribution in [0.3, 0.4) is 0 Å². The van der Waals surface area contributed by atoms with Gasteiger partial charge in [-0.1, -0.05) is 13.8 Å².